The number of ether oxygens (including phenoxy) is 1. The van der Waals surface area contributed by atoms with E-state index in [9.17, 15) is 13.2 Å². The number of carbonyl (C=O) groups excluding carboxylic acids is 1. The van der Waals surface area contributed by atoms with E-state index in [1.54, 1.807) is 25.1 Å². The Morgan fingerprint density at radius 2 is 1.75 bits per heavy atom. The monoisotopic (exact) mass is 388 g/mol. The highest BCUT2D eigenvalue weighted by atomic mass is 35.5. The first-order valence-corrected chi connectivity index (χ1v) is 9.52. The van der Waals surface area contributed by atoms with Crippen LogP contribution in [0.3, 0.4) is 0 Å². The lowest BCUT2D eigenvalue weighted by atomic mass is 10.2. The van der Waals surface area contributed by atoms with Gasteiger partial charge in [0, 0.05) is 28.0 Å². The van der Waals surface area contributed by atoms with Gasteiger partial charge in [-0.3, -0.25) is 4.98 Å². The van der Waals surface area contributed by atoms with Gasteiger partial charge < -0.3 is 4.74 Å². The third kappa shape index (κ3) is 4.66. The fourth-order valence-electron chi connectivity index (χ4n) is 1.99. The number of benzene rings is 1. The van der Waals surface area contributed by atoms with Crippen LogP contribution in [0, 0.1) is 0 Å². The fourth-order valence-corrected chi connectivity index (χ4v) is 4.16. The average molecular weight is 389 g/mol. The predicted octanol–water partition coefficient (Wildman–Crippen LogP) is 3.08. The maximum Gasteiger partial charge on any atom is 0.358 e. The zero-order chi connectivity index (χ0) is 17.7. The lowest BCUT2D eigenvalue weighted by Gasteiger charge is -2.10. The minimum absolute atomic E-state index is 0.0270. The Kier molecular flexibility index (Phi) is 6.15. The van der Waals surface area contributed by atoms with E-state index in [1.807, 2.05) is 0 Å². The molecule has 9 heteroatoms. The number of halogens is 2. The highest BCUT2D eigenvalue weighted by Gasteiger charge is 2.23. The molecule has 0 spiro atoms. The number of hydrogen-bond donors (Lipinski definition) is 0. The first-order valence-electron chi connectivity index (χ1n) is 6.94. The molecule has 1 aromatic heterocycles. The standard InChI is InChI=1S/C15H14Cl2N2O4S/c1-2-23-15(20)14-13(18-6-7-19-14)9-24(21,22)8-10-11(16)4-3-5-12(10)17/h3-7H,2,8-9H2,1H3. The lowest BCUT2D eigenvalue weighted by molar-refractivity contribution is 0.0517. The van der Waals surface area contributed by atoms with Crippen LogP contribution >= 0.6 is 23.2 Å². The van der Waals surface area contributed by atoms with E-state index >= 15 is 0 Å². The second kappa shape index (κ2) is 7.92. The van der Waals surface area contributed by atoms with Gasteiger partial charge in [-0.25, -0.2) is 18.2 Å². The summed E-state index contributed by atoms with van der Waals surface area (Å²) in [6.45, 7) is 1.79. The van der Waals surface area contributed by atoms with Gasteiger partial charge in [0.2, 0.25) is 0 Å². The maximum absolute atomic E-state index is 12.5. The Morgan fingerprint density at radius 1 is 1.12 bits per heavy atom. The number of aromatic nitrogens is 2. The van der Waals surface area contributed by atoms with Crippen molar-refractivity contribution in [3.8, 4) is 0 Å². The van der Waals surface area contributed by atoms with Crippen LogP contribution in [0.4, 0.5) is 0 Å². The number of rotatable bonds is 6. The van der Waals surface area contributed by atoms with Crippen molar-refractivity contribution >= 4 is 39.0 Å². The molecule has 0 unspecified atom stereocenters. The molecule has 0 radical (unpaired) electrons. The maximum atomic E-state index is 12.5. The van der Waals surface area contributed by atoms with Crippen LogP contribution in [0.1, 0.15) is 28.7 Å². The zero-order valence-corrected chi connectivity index (χ0v) is 15.0. The van der Waals surface area contributed by atoms with Gasteiger partial charge in [-0.05, 0) is 19.1 Å². The normalized spacial score (nSPS) is 11.3. The topological polar surface area (TPSA) is 86.2 Å². The molecule has 2 rings (SSSR count). The minimum Gasteiger partial charge on any atom is -0.461 e. The van der Waals surface area contributed by atoms with Crippen molar-refractivity contribution in [3.63, 3.8) is 0 Å². The second-order valence-electron chi connectivity index (χ2n) is 4.80. The summed E-state index contributed by atoms with van der Waals surface area (Å²) >= 11 is 12.0. The minimum atomic E-state index is -3.68. The van der Waals surface area contributed by atoms with Crippen LogP contribution in [-0.2, 0) is 26.1 Å². The largest absolute Gasteiger partial charge is 0.461 e. The van der Waals surface area contributed by atoms with Gasteiger partial charge in [0.25, 0.3) is 0 Å². The number of sulfone groups is 1. The van der Waals surface area contributed by atoms with Crippen LogP contribution in [0.15, 0.2) is 30.6 Å². The van der Waals surface area contributed by atoms with Crippen molar-refractivity contribution in [2.24, 2.45) is 0 Å². The summed E-state index contributed by atoms with van der Waals surface area (Å²) in [5.41, 5.74) is 0.217. The molecule has 0 amide bonds. The number of carbonyl (C=O) groups is 1. The van der Waals surface area contributed by atoms with E-state index in [1.165, 1.54) is 12.4 Å². The Labute approximate surface area is 149 Å². The van der Waals surface area contributed by atoms with Crippen molar-refractivity contribution < 1.29 is 17.9 Å². The van der Waals surface area contributed by atoms with Crippen LogP contribution in [0.25, 0.3) is 0 Å². The summed E-state index contributed by atoms with van der Waals surface area (Å²) < 4.78 is 29.8. The summed E-state index contributed by atoms with van der Waals surface area (Å²) in [5.74, 6) is -1.56. The van der Waals surface area contributed by atoms with Gasteiger partial charge in [0.15, 0.2) is 15.5 Å². The molecule has 0 aliphatic carbocycles. The van der Waals surface area contributed by atoms with Crippen LogP contribution in [0.2, 0.25) is 10.0 Å². The van der Waals surface area contributed by atoms with Crippen molar-refractivity contribution in [1.82, 2.24) is 9.97 Å². The van der Waals surface area contributed by atoms with Crippen LogP contribution < -0.4 is 0 Å². The van der Waals surface area contributed by atoms with Crippen molar-refractivity contribution in [2.45, 2.75) is 18.4 Å². The Bertz CT molecular complexity index is 836. The summed E-state index contributed by atoms with van der Waals surface area (Å²) in [7, 11) is -3.68. The quantitative estimate of drug-likeness (QED) is 0.706. The molecule has 1 aromatic carbocycles. The second-order valence-corrected chi connectivity index (χ2v) is 7.68. The lowest BCUT2D eigenvalue weighted by Crippen LogP contribution is -2.16. The van der Waals surface area contributed by atoms with Gasteiger partial charge in [-0.1, -0.05) is 29.3 Å². The smallest absolute Gasteiger partial charge is 0.358 e. The molecule has 24 heavy (non-hydrogen) atoms. The van der Waals surface area contributed by atoms with E-state index < -0.39 is 21.6 Å². The number of nitrogens with zero attached hydrogens (tertiary/aromatic N) is 2. The fraction of sp³-hybridized carbons (Fsp3) is 0.267. The Balaban J connectivity index is 2.29. The molecular formula is C15H14Cl2N2O4S. The van der Waals surface area contributed by atoms with E-state index in [2.05, 4.69) is 9.97 Å². The molecule has 0 atom stereocenters. The number of hydrogen-bond acceptors (Lipinski definition) is 6. The van der Waals surface area contributed by atoms with Crippen molar-refractivity contribution in [3.05, 3.63) is 57.6 Å². The molecule has 0 fully saturated rings. The van der Waals surface area contributed by atoms with Crippen molar-refractivity contribution in [2.75, 3.05) is 6.61 Å². The van der Waals surface area contributed by atoms with E-state index in [0.717, 1.165) is 0 Å². The molecule has 2 aromatic rings. The first kappa shape index (κ1) is 18.6. The van der Waals surface area contributed by atoms with Crippen LogP contribution in [0.5, 0.6) is 0 Å². The molecule has 0 aliphatic rings. The van der Waals surface area contributed by atoms with E-state index in [-0.39, 0.29) is 33.8 Å². The molecule has 0 bridgehead atoms. The summed E-state index contributed by atoms with van der Waals surface area (Å²) in [5, 5.41) is 0.520. The molecule has 0 N–H and O–H groups in total. The highest BCUT2D eigenvalue weighted by Crippen LogP contribution is 2.27. The third-order valence-electron chi connectivity index (χ3n) is 3.03. The molecule has 0 saturated heterocycles. The van der Waals surface area contributed by atoms with Crippen LogP contribution in [-0.4, -0.2) is 31.0 Å². The van der Waals surface area contributed by atoms with Crippen molar-refractivity contribution in [1.29, 1.82) is 0 Å². The summed E-state index contributed by atoms with van der Waals surface area (Å²) in [6, 6.07) is 4.75. The molecular weight excluding hydrogens is 375 g/mol. The van der Waals surface area contributed by atoms with Gasteiger partial charge >= 0.3 is 5.97 Å². The molecule has 0 saturated carbocycles. The molecule has 0 aliphatic heterocycles. The number of esters is 1. The first-order chi connectivity index (χ1) is 11.3. The highest BCUT2D eigenvalue weighted by molar-refractivity contribution is 7.89. The summed E-state index contributed by atoms with van der Waals surface area (Å²) in [4.78, 5) is 19.7. The SMILES string of the molecule is CCOC(=O)c1nccnc1CS(=O)(=O)Cc1c(Cl)cccc1Cl. The van der Waals surface area contributed by atoms with E-state index in [0.29, 0.717) is 5.56 Å². The van der Waals surface area contributed by atoms with E-state index in [4.69, 9.17) is 27.9 Å². The molecule has 1 heterocycles. The van der Waals surface area contributed by atoms with Gasteiger partial charge in [0.05, 0.1) is 23.8 Å². The van der Waals surface area contributed by atoms with Gasteiger partial charge in [0.1, 0.15) is 0 Å². The molecule has 6 nitrogen and oxygen atoms in total. The average Bonchev–Trinajstić information content (AvgIpc) is 2.51. The zero-order valence-electron chi connectivity index (χ0n) is 12.7. The third-order valence-corrected chi connectivity index (χ3v) is 5.18. The predicted molar refractivity (Wildman–Crippen MR) is 90.8 cm³/mol. The van der Waals surface area contributed by atoms with Gasteiger partial charge in [-0.15, -0.1) is 0 Å². The Morgan fingerprint density at radius 3 is 2.38 bits per heavy atom. The Hall–Kier alpha value is -1.70. The summed E-state index contributed by atoms with van der Waals surface area (Å²) in [6.07, 6.45) is 2.61. The van der Waals surface area contributed by atoms with Gasteiger partial charge in [-0.2, -0.15) is 0 Å². The molecule has 128 valence electrons.